The first-order chi connectivity index (χ1) is 10.2. The number of benzene rings is 2. The van der Waals surface area contributed by atoms with Gasteiger partial charge in [0.05, 0.1) is 12.2 Å². The van der Waals surface area contributed by atoms with E-state index < -0.39 is 0 Å². The number of nitrogens with zero attached hydrogens (tertiary/aromatic N) is 2. The predicted molar refractivity (Wildman–Crippen MR) is 83.7 cm³/mol. The van der Waals surface area contributed by atoms with Gasteiger partial charge < -0.3 is 4.90 Å². The minimum absolute atomic E-state index is 0.0368. The lowest BCUT2D eigenvalue weighted by molar-refractivity contribution is 0.0991. The zero-order valence-electron chi connectivity index (χ0n) is 11.1. The molecule has 1 aromatic heterocycles. The second-order valence-corrected chi connectivity index (χ2v) is 5.45. The van der Waals surface area contributed by atoms with Crippen LogP contribution in [0.4, 0.5) is 5.69 Å². The molecule has 3 aromatic rings. The molecule has 1 amide bonds. The molecule has 0 unspecified atom stereocenters. The fourth-order valence-electron chi connectivity index (χ4n) is 2.86. The van der Waals surface area contributed by atoms with E-state index >= 15 is 0 Å². The summed E-state index contributed by atoms with van der Waals surface area (Å²) in [4.78, 5) is 18.4. The van der Waals surface area contributed by atoms with Gasteiger partial charge in [-0.2, -0.15) is 0 Å². The fraction of sp³-hybridized carbons (Fsp3) is 0.0588. The van der Waals surface area contributed by atoms with E-state index in [0.29, 0.717) is 11.7 Å². The third kappa shape index (κ3) is 1.89. The largest absolute Gasteiger partial charge is 0.303 e. The van der Waals surface area contributed by atoms with E-state index in [4.69, 9.17) is 11.6 Å². The first-order valence-corrected chi connectivity index (χ1v) is 7.06. The highest BCUT2D eigenvalue weighted by molar-refractivity contribution is 6.29. The monoisotopic (exact) mass is 294 g/mol. The van der Waals surface area contributed by atoms with Crippen LogP contribution in [0.1, 0.15) is 15.9 Å². The molecule has 4 rings (SSSR count). The molecule has 0 aliphatic carbocycles. The number of hydrogen-bond acceptors (Lipinski definition) is 2. The summed E-state index contributed by atoms with van der Waals surface area (Å²) in [7, 11) is 0. The Balaban J connectivity index is 1.82. The highest BCUT2D eigenvalue weighted by atomic mass is 35.5. The molecule has 0 radical (unpaired) electrons. The topological polar surface area (TPSA) is 33.2 Å². The van der Waals surface area contributed by atoms with Gasteiger partial charge in [0.15, 0.2) is 0 Å². The summed E-state index contributed by atoms with van der Waals surface area (Å²) >= 11 is 5.92. The van der Waals surface area contributed by atoms with Crippen LogP contribution in [0.15, 0.2) is 54.7 Å². The van der Waals surface area contributed by atoms with Gasteiger partial charge in [-0.05, 0) is 35.2 Å². The van der Waals surface area contributed by atoms with E-state index in [1.165, 1.54) is 0 Å². The number of pyridine rings is 1. The SMILES string of the molecule is O=C1c2cccc3cccc(c23)N1Cc1ccnc(Cl)c1. The summed E-state index contributed by atoms with van der Waals surface area (Å²) < 4.78 is 0. The number of carbonyl (C=O) groups is 1. The van der Waals surface area contributed by atoms with Crippen LogP contribution in [0, 0.1) is 0 Å². The molecule has 21 heavy (non-hydrogen) atoms. The van der Waals surface area contributed by atoms with Crippen molar-refractivity contribution in [3.05, 3.63) is 71.0 Å². The van der Waals surface area contributed by atoms with Crippen LogP contribution in [-0.4, -0.2) is 10.9 Å². The number of hydrogen-bond donors (Lipinski definition) is 0. The maximum absolute atomic E-state index is 12.6. The lowest BCUT2D eigenvalue weighted by Crippen LogP contribution is -2.26. The Hall–Kier alpha value is -2.39. The average molecular weight is 295 g/mol. The third-order valence-corrected chi connectivity index (χ3v) is 3.99. The molecule has 0 bridgehead atoms. The smallest absolute Gasteiger partial charge is 0.259 e. The number of rotatable bonds is 2. The minimum atomic E-state index is 0.0368. The molecule has 2 aromatic carbocycles. The molecule has 1 aliphatic heterocycles. The van der Waals surface area contributed by atoms with Crippen molar-refractivity contribution in [1.82, 2.24) is 4.98 Å². The summed E-state index contributed by atoms with van der Waals surface area (Å²) in [6, 6.07) is 15.5. The molecule has 2 heterocycles. The molecule has 0 saturated heterocycles. The quantitative estimate of drug-likeness (QED) is 0.668. The summed E-state index contributed by atoms with van der Waals surface area (Å²) in [5.41, 5.74) is 2.69. The molecular formula is C17H11ClN2O. The first-order valence-electron chi connectivity index (χ1n) is 6.68. The minimum Gasteiger partial charge on any atom is -0.303 e. The van der Waals surface area contributed by atoms with Crippen molar-refractivity contribution in [3.63, 3.8) is 0 Å². The fourth-order valence-corrected chi connectivity index (χ4v) is 3.06. The average Bonchev–Trinajstić information content (AvgIpc) is 2.76. The van der Waals surface area contributed by atoms with Gasteiger partial charge in [-0.3, -0.25) is 4.79 Å². The summed E-state index contributed by atoms with van der Waals surface area (Å²) in [5, 5.41) is 2.56. The van der Waals surface area contributed by atoms with Gasteiger partial charge >= 0.3 is 0 Å². The van der Waals surface area contributed by atoms with Crippen LogP contribution in [0.25, 0.3) is 10.8 Å². The second kappa shape index (κ2) is 4.57. The molecular weight excluding hydrogens is 284 g/mol. The lowest BCUT2D eigenvalue weighted by atomic mass is 10.1. The number of amides is 1. The van der Waals surface area contributed by atoms with E-state index in [9.17, 15) is 4.79 Å². The lowest BCUT2D eigenvalue weighted by Gasteiger charge is -2.17. The second-order valence-electron chi connectivity index (χ2n) is 5.06. The molecule has 1 aliphatic rings. The number of aromatic nitrogens is 1. The molecule has 3 nitrogen and oxygen atoms in total. The number of anilines is 1. The van der Waals surface area contributed by atoms with Crippen LogP contribution in [0.3, 0.4) is 0 Å². The van der Waals surface area contributed by atoms with Crippen LogP contribution in [0.2, 0.25) is 5.15 Å². The standard InChI is InChI=1S/C17H11ClN2O/c18-15-9-11(7-8-19-15)10-20-14-6-2-4-12-3-1-5-13(16(12)14)17(20)21/h1-9H,10H2. The highest BCUT2D eigenvalue weighted by Gasteiger charge is 2.29. The maximum Gasteiger partial charge on any atom is 0.259 e. The van der Waals surface area contributed by atoms with E-state index in [1.54, 1.807) is 17.2 Å². The van der Waals surface area contributed by atoms with Crippen LogP contribution >= 0.6 is 11.6 Å². The Labute approximate surface area is 126 Å². The van der Waals surface area contributed by atoms with Gasteiger partial charge in [0.25, 0.3) is 5.91 Å². The van der Waals surface area contributed by atoms with Crippen molar-refractivity contribution in [2.24, 2.45) is 0 Å². The predicted octanol–water partition coefficient (Wildman–Crippen LogP) is 4.05. The van der Waals surface area contributed by atoms with Crippen molar-refractivity contribution in [2.75, 3.05) is 4.90 Å². The molecule has 0 saturated carbocycles. The van der Waals surface area contributed by atoms with E-state index in [2.05, 4.69) is 4.98 Å². The van der Waals surface area contributed by atoms with Crippen molar-refractivity contribution in [3.8, 4) is 0 Å². The van der Waals surface area contributed by atoms with Crippen molar-refractivity contribution in [2.45, 2.75) is 6.54 Å². The Kier molecular flexibility index (Phi) is 2.69. The van der Waals surface area contributed by atoms with Crippen LogP contribution < -0.4 is 4.90 Å². The first kappa shape index (κ1) is 12.4. The van der Waals surface area contributed by atoms with E-state index in [-0.39, 0.29) is 5.91 Å². The van der Waals surface area contributed by atoms with Crippen LogP contribution in [0.5, 0.6) is 0 Å². The molecule has 102 valence electrons. The van der Waals surface area contributed by atoms with Crippen molar-refractivity contribution < 1.29 is 4.79 Å². The van der Waals surface area contributed by atoms with Crippen LogP contribution in [-0.2, 0) is 6.54 Å². The Morgan fingerprint density at radius 1 is 1.10 bits per heavy atom. The highest BCUT2D eigenvalue weighted by Crippen LogP contribution is 2.37. The molecule has 0 N–H and O–H groups in total. The number of carbonyl (C=O) groups excluding carboxylic acids is 1. The normalized spacial score (nSPS) is 13.2. The molecule has 0 spiro atoms. The zero-order chi connectivity index (χ0) is 14.4. The summed E-state index contributed by atoms with van der Waals surface area (Å²) in [6.45, 7) is 0.495. The summed E-state index contributed by atoms with van der Waals surface area (Å²) in [6.07, 6.45) is 1.66. The van der Waals surface area contributed by atoms with Crippen molar-refractivity contribution >= 4 is 34.0 Å². The Bertz CT molecular complexity index is 870. The zero-order valence-corrected chi connectivity index (χ0v) is 11.8. The van der Waals surface area contributed by atoms with Gasteiger partial charge in [-0.25, -0.2) is 4.98 Å². The molecule has 4 heteroatoms. The number of halogens is 1. The molecule has 0 fully saturated rings. The van der Waals surface area contributed by atoms with E-state index in [1.807, 2.05) is 42.5 Å². The van der Waals surface area contributed by atoms with Gasteiger partial charge in [-0.1, -0.05) is 35.9 Å². The Morgan fingerprint density at radius 2 is 1.90 bits per heavy atom. The van der Waals surface area contributed by atoms with Gasteiger partial charge in [0.2, 0.25) is 0 Å². The van der Waals surface area contributed by atoms with Gasteiger partial charge in [-0.15, -0.1) is 0 Å². The van der Waals surface area contributed by atoms with Gasteiger partial charge in [0, 0.05) is 17.1 Å². The summed E-state index contributed by atoms with van der Waals surface area (Å²) in [5.74, 6) is 0.0368. The Morgan fingerprint density at radius 3 is 2.71 bits per heavy atom. The third-order valence-electron chi connectivity index (χ3n) is 3.78. The molecule has 0 atom stereocenters. The van der Waals surface area contributed by atoms with E-state index in [0.717, 1.165) is 27.6 Å². The maximum atomic E-state index is 12.6. The van der Waals surface area contributed by atoms with Crippen molar-refractivity contribution in [1.29, 1.82) is 0 Å². The van der Waals surface area contributed by atoms with Gasteiger partial charge in [0.1, 0.15) is 5.15 Å².